The van der Waals surface area contributed by atoms with E-state index in [0.29, 0.717) is 30.1 Å². The van der Waals surface area contributed by atoms with E-state index in [-0.39, 0.29) is 18.2 Å². The van der Waals surface area contributed by atoms with Crippen molar-refractivity contribution in [1.82, 2.24) is 0 Å². The normalized spacial score (nSPS) is 18.9. The lowest BCUT2D eigenvalue weighted by Gasteiger charge is -2.10. The lowest BCUT2D eigenvalue weighted by Crippen LogP contribution is -2.30. The van der Waals surface area contributed by atoms with E-state index < -0.39 is 6.04 Å². The molecule has 16 heavy (non-hydrogen) atoms. The Morgan fingerprint density at radius 1 is 1.50 bits per heavy atom. The average molecular weight is 244 g/mol. The molecule has 0 aromatic heterocycles. The van der Waals surface area contributed by atoms with Gasteiger partial charge in [-0.2, -0.15) is 0 Å². The number of para-hydroxylation sites is 1. The Kier molecular flexibility index (Phi) is 4.15. The van der Waals surface area contributed by atoms with E-state index in [0.717, 1.165) is 0 Å². The number of Topliss-reactive ketones (excluding diaryl/α,β-unsaturated/α-hetero) is 1. The SMILES string of the molecule is COc1cccc2c1OCCC(N)C2=O.Cl. The predicted molar refractivity (Wildman–Crippen MR) is 62.7 cm³/mol. The summed E-state index contributed by atoms with van der Waals surface area (Å²) in [5.74, 6) is 1.01. The molecular weight excluding hydrogens is 230 g/mol. The standard InChI is InChI=1S/C11H13NO3.ClH/c1-14-9-4-2-3-7-10(13)8(12)5-6-15-11(7)9;/h2-4,8H,5-6,12H2,1H3;1H. The first-order valence-electron chi connectivity index (χ1n) is 4.83. The van der Waals surface area contributed by atoms with Gasteiger partial charge in [0.1, 0.15) is 0 Å². The zero-order chi connectivity index (χ0) is 10.8. The van der Waals surface area contributed by atoms with Crippen molar-refractivity contribution in [2.75, 3.05) is 13.7 Å². The van der Waals surface area contributed by atoms with Crippen LogP contribution in [0.15, 0.2) is 18.2 Å². The van der Waals surface area contributed by atoms with Gasteiger partial charge in [0.15, 0.2) is 17.3 Å². The molecule has 0 saturated carbocycles. The molecule has 1 heterocycles. The molecule has 1 aliphatic heterocycles. The summed E-state index contributed by atoms with van der Waals surface area (Å²) in [7, 11) is 1.55. The van der Waals surface area contributed by atoms with Gasteiger partial charge >= 0.3 is 0 Å². The molecule has 0 radical (unpaired) electrons. The van der Waals surface area contributed by atoms with Gasteiger partial charge in [-0.3, -0.25) is 4.79 Å². The number of hydrogen-bond donors (Lipinski definition) is 1. The van der Waals surface area contributed by atoms with Crippen LogP contribution < -0.4 is 15.2 Å². The summed E-state index contributed by atoms with van der Waals surface area (Å²) in [4.78, 5) is 11.8. The highest BCUT2D eigenvalue weighted by Crippen LogP contribution is 2.33. The molecule has 2 N–H and O–H groups in total. The molecule has 1 aromatic rings. The van der Waals surface area contributed by atoms with E-state index >= 15 is 0 Å². The third kappa shape index (κ3) is 2.13. The largest absolute Gasteiger partial charge is 0.493 e. The topological polar surface area (TPSA) is 61.6 Å². The number of methoxy groups -OCH3 is 1. The van der Waals surface area contributed by atoms with Crippen LogP contribution in [0.3, 0.4) is 0 Å². The van der Waals surface area contributed by atoms with Crippen molar-refractivity contribution in [2.24, 2.45) is 5.73 Å². The fourth-order valence-corrected chi connectivity index (χ4v) is 1.64. The summed E-state index contributed by atoms with van der Waals surface area (Å²) in [5, 5.41) is 0. The number of carbonyl (C=O) groups is 1. The van der Waals surface area contributed by atoms with Gasteiger partial charge in [-0.25, -0.2) is 0 Å². The number of benzene rings is 1. The van der Waals surface area contributed by atoms with Crippen molar-refractivity contribution in [1.29, 1.82) is 0 Å². The molecule has 2 rings (SSSR count). The highest BCUT2D eigenvalue weighted by atomic mass is 35.5. The molecule has 4 nitrogen and oxygen atoms in total. The molecular formula is C11H14ClNO3. The summed E-state index contributed by atoms with van der Waals surface area (Å²) in [5.41, 5.74) is 6.23. The number of carbonyl (C=O) groups excluding carboxylic acids is 1. The Morgan fingerprint density at radius 3 is 2.94 bits per heavy atom. The highest BCUT2D eigenvalue weighted by Gasteiger charge is 2.25. The van der Waals surface area contributed by atoms with Crippen LogP contribution in [0.2, 0.25) is 0 Å². The predicted octanol–water partition coefficient (Wildman–Crippen LogP) is 1.41. The minimum absolute atomic E-state index is 0. The van der Waals surface area contributed by atoms with Gasteiger partial charge in [-0.05, 0) is 12.1 Å². The minimum atomic E-state index is -0.474. The molecule has 0 aliphatic carbocycles. The maximum Gasteiger partial charge on any atom is 0.183 e. The van der Waals surface area contributed by atoms with Crippen molar-refractivity contribution in [2.45, 2.75) is 12.5 Å². The molecule has 88 valence electrons. The molecule has 1 unspecified atom stereocenters. The molecule has 0 spiro atoms. The molecule has 0 amide bonds. The van der Waals surface area contributed by atoms with E-state index in [1.54, 1.807) is 25.3 Å². The number of fused-ring (bicyclic) bond motifs is 1. The summed E-state index contributed by atoms with van der Waals surface area (Å²) in [6, 6.07) is 4.77. The first-order chi connectivity index (χ1) is 7.24. The second-order valence-electron chi connectivity index (χ2n) is 3.44. The van der Waals surface area contributed by atoms with Crippen molar-refractivity contribution < 1.29 is 14.3 Å². The summed E-state index contributed by atoms with van der Waals surface area (Å²) in [6.45, 7) is 0.445. The molecule has 0 fully saturated rings. The maximum absolute atomic E-state index is 11.8. The smallest absolute Gasteiger partial charge is 0.183 e. The van der Waals surface area contributed by atoms with E-state index in [1.807, 2.05) is 0 Å². The Bertz CT molecular complexity index is 395. The van der Waals surface area contributed by atoms with Crippen LogP contribution in [-0.4, -0.2) is 25.5 Å². The number of ether oxygens (including phenoxy) is 2. The van der Waals surface area contributed by atoms with E-state index in [1.165, 1.54) is 0 Å². The van der Waals surface area contributed by atoms with Gasteiger partial charge in [0, 0.05) is 6.42 Å². The third-order valence-corrected chi connectivity index (χ3v) is 2.48. The van der Waals surface area contributed by atoms with Crippen LogP contribution in [0.5, 0.6) is 11.5 Å². The monoisotopic (exact) mass is 243 g/mol. The Hall–Kier alpha value is -1.26. The van der Waals surface area contributed by atoms with Crippen molar-refractivity contribution in [3.63, 3.8) is 0 Å². The average Bonchev–Trinajstić information content (AvgIpc) is 2.40. The molecule has 1 aromatic carbocycles. The van der Waals surface area contributed by atoms with Gasteiger partial charge in [0.25, 0.3) is 0 Å². The zero-order valence-corrected chi connectivity index (χ0v) is 9.75. The van der Waals surface area contributed by atoms with Crippen LogP contribution in [0, 0.1) is 0 Å². The highest BCUT2D eigenvalue weighted by molar-refractivity contribution is 6.03. The zero-order valence-electron chi connectivity index (χ0n) is 8.93. The fraction of sp³-hybridized carbons (Fsp3) is 0.364. The van der Waals surface area contributed by atoms with Gasteiger partial charge in [0.05, 0.1) is 25.3 Å². The Labute approximate surface area is 100 Å². The van der Waals surface area contributed by atoms with Crippen molar-refractivity contribution in [3.8, 4) is 11.5 Å². The quantitative estimate of drug-likeness (QED) is 0.810. The van der Waals surface area contributed by atoms with E-state index in [9.17, 15) is 4.79 Å². The van der Waals surface area contributed by atoms with Crippen LogP contribution >= 0.6 is 12.4 Å². The Morgan fingerprint density at radius 2 is 2.25 bits per heavy atom. The third-order valence-electron chi connectivity index (χ3n) is 2.48. The fourth-order valence-electron chi connectivity index (χ4n) is 1.64. The molecule has 0 bridgehead atoms. The second kappa shape index (κ2) is 5.18. The molecule has 1 aliphatic rings. The number of rotatable bonds is 1. The van der Waals surface area contributed by atoms with Crippen LogP contribution in [0.1, 0.15) is 16.8 Å². The number of nitrogens with two attached hydrogens (primary N) is 1. The van der Waals surface area contributed by atoms with Crippen molar-refractivity contribution >= 4 is 18.2 Å². The van der Waals surface area contributed by atoms with Crippen LogP contribution in [0.25, 0.3) is 0 Å². The first kappa shape index (κ1) is 12.8. The van der Waals surface area contributed by atoms with E-state index in [2.05, 4.69) is 0 Å². The number of halogens is 1. The molecule has 5 heteroatoms. The van der Waals surface area contributed by atoms with E-state index in [4.69, 9.17) is 15.2 Å². The number of ketones is 1. The maximum atomic E-state index is 11.8. The van der Waals surface area contributed by atoms with Crippen LogP contribution in [0.4, 0.5) is 0 Å². The van der Waals surface area contributed by atoms with Crippen LogP contribution in [-0.2, 0) is 0 Å². The summed E-state index contributed by atoms with van der Waals surface area (Å²) in [6.07, 6.45) is 0.538. The number of hydrogen-bond acceptors (Lipinski definition) is 4. The van der Waals surface area contributed by atoms with Crippen molar-refractivity contribution in [3.05, 3.63) is 23.8 Å². The second-order valence-corrected chi connectivity index (χ2v) is 3.44. The van der Waals surface area contributed by atoms with Gasteiger partial charge in [0.2, 0.25) is 0 Å². The van der Waals surface area contributed by atoms with Gasteiger partial charge < -0.3 is 15.2 Å². The molecule has 1 atom stereocenters. The van der Waals surface area contributed by atoms with Gasteiger partial charge in [-0.1, -0.05) is 6.07 Å². The minimum Gasteiger partial charge on any atom is -0.493 e. The summed E-state index contributed by atoms with van der Waals surface area (Å²) >= 11 is 0. The lowest BCUT2D eigenvalue weighted by molar-refractivity contribution is 0.0960. The van der Waals surface area contributed by atoms with Gasteiger partial charge in [-0.15, -0.1) is 12.4 Å². The summed E-state index contributed by atoms with van der Waals surface area (Å²) < 4.78 is 10.6. The Balaban J connectivity index is 0.00000128. The lowest BCUT2D eigenvalue weighted by atomic mass is 10.0. The molecule has 0 saturated heterocycles. The first-order valence-corrected chi connectivity index (χ1v) is 4.83.